The third-order valence-corrected chi connectivity index (χ3v) is 3.45. The number of hydrogen-bond donors (Lipinski definition) is 1. The minimum absolute atomic E-state index is 0.184. The summed E-state index contributed by atoms with van der Waals surface area (Å²) >= 11 is 0. The van der Waals surface area contributed by atoms with Gasteiger partial charge in [0.25, 0.3) is 5.69 Å². The minimum Gasteiger partial charge on any atom is -0.283 e. The summed E-state index contributed by atoms with van der Waals surface area (Å²) in [4.78, 5) is 10.9. The Hall–Kier alpha value is -2.17. The van der Waals surface area contributed by atoms with Crippen molar-refractivity contribution in [2.75, 3.05) is 0 Å². The zero-order valence-corrected chi connectivity index (χ0v) is 11.8. The van der Waals surface area contributed by atoms with Gasteiger partial charge in [-0.1, -0.05) is 39.0 Å². The first kappa shape index (κ1) is 14.2. The van der Waals surface area contributed by atoms with Crippen LogP contribution in [0.1, 0.15) is 37.8 Å². The molecule has 106 valence electrons. The number of hydrazone groups is 1. The summed E-state index contributed by atoms with van der Waals surface area (Å²) in [5.74, 6) is 0.209. The number of nitro benzene ring substituents is 1. The Bertz CT molecular complexity index is 578. The molecule has 1 aromatic carbocycles. The van der Waals surface area contributed by atoms with E-state index in [9.17, 15) is 10.1 Å². The molecule has 1 N–H and O–H groups in total. The number of rotatable bonds is 4. The highest BCUT2D eigenvalue weighted by atomic mass is 16.6. The van der Waals surface area contributed by atoms with Crippen molar-refractivity contribution >= 4 is 11.4 Å². The Morgan fingerprint density at radius 1 is 1.55 bits per heavy atom. The lowest BCUT2D eigenvalue weighted by Crippen LogP contribution is -2.25. The van der Waals surface area contributed by atoms with Gasteiger partial charge in [0.15, 0.2) is 0 Å². The highest BCUT2D eigenvalue weighted by molar-refractivity contribution is 6.03. The molecule has 0 fully saturated rings. The van der Waals surface area contributed by atoms with E-state index in [1.807, 2.05) is 19.1 Å². The smallest absolute Gasteiger partial charge is 0.273 e. The molecule has 0 radical (unpaired) electrons. The number of aryl methyl sites for hydroxylation is 1. The number of nitrogens with zero attached hydrogens (tertiary/aromatic N) is 2. The predicted octanol–water partition coefficient (Wildman–Crippen LogP) is 3.39. The van der Waals surface area contributed by atoms with Crippen molar-refractivity contribution in [1.29, 1.82) is 0 Å². The molecular formula is C15H19N3O2. The Morgan fingerprint density at radius 3 is 2.90 bits per heavy atom. The summed E-state index contributed by atoms with van der Waals surface area (Å²) in [7, 11) is 0. The zero-order valence-electron chi connectivity index (χ0n) is 11.8. The molecule has 20 heavy (non-hydrogen) atoms. The van der Waals surface area contributed by atoms with E-state index < -0.39 is 0 Å². The second-order valence-corrected chi connectivity index (χ2v) is 5.17. The Balaban J connectivity index is 2.41. The maximum Gasteiger partial charge on any atom is 0.273 e. The number of allylic oxidation sites excluding steroid dienone is 1. The van der Waals surface area contributed by atoms with E-state index in [0.29, 0.717) is 6.42 Å². The fourth-order valence-corrected chi connectivity index (χ4v) is 2.48. The van der Waals surface area contributed by atoms with Gasteiger partial charge in [-0.2, -0.15) is 5.10 Å². The second-order valence-electron chi connectivity index (χ2n) is 5.17. The zero-order chi connectivity index (χ0) is 14.7. The third-order valence-electron chi connectivity index (χ3n) is 3.45. The molecule has 0 bridgehead atoms. The van der Waals surface area contributed by atoms with Gasteiger partial charge < -0.3 is 0 Å². The van der Waals surface area contributed by atoms with Gasteiger partial charge in [-0.25, -0.2) is 0 Å². The molecule has 2 rings (SSSR count). The maximum atomic E-state index is 11.2. The molecule has 5 heteroatoms. The van der Waals surface area contributed by atoms with Crippen molar-refractivity contribution in [2.45, 2.75) is 33.1 Å². The summed E-state index contributed by atoms with van der Waals surface area (Å²) in [6, 6.07) is 5.40. The lowest BCUT2D eigenvalue weighted by molar-refractivity contribution is -0.385. The van der Waals surface area contributed by atoms with Crippen molar-refractivity contribution in [3.05, 3.63) is 51.7 Å². The van der Waals surface area contributed by atoms with E-state index >= 15 is 0 Å². The molecule has 0 amide bonds. The summed E-state index contributed by atoms with van der Waals surface area (Å²) in [6.07, 6.45) is 2.40. The van der Waals surface area contributed by atoms with E-state index in [1.165, 1.54) is 0 Å². The van der Waals surface area contributed by atoms with Crippen LogP contribution < -0.4 is 5.43 Å². The minimum atomic E-state index is -0.311. The van der Waals surface area contributed by atoms with Gasteiger partial charge in [0.2, 0.25) is 0 Å². The highest BCUT2D eigenvalue weighted by Gasteiger charge is 2.22. The van der Waals surface area contributed by atoms with Gasteiger partial charge >= 0.3 is 0 Å². The quantitative estimate of drug-likeness (QED) is 0.675. The Labute approximate surface area is 118 Å². The number of nitrogens with one attached hydrogen (secondary N) is 1. The van der Waals surface area contributed by atoms with E-state index in [2.05, 4.69) is 24.0 Å². The Morgan fingerprint density at radius 2 is 2.30 bits per heavy atom. The summed E-state index contributed by atoms with van der Waals surface area (Å²) in [6.45, 7) is 7.92. The fraction of sp³-hybridized carbons (Fsp3) is 0.400. The standard InChI is InChI=1S/C15H19N3O2/c1-4-5-12-6-7-13(9-14(12)18(19)20)15-10(2)8-11(3)16-17-15/h6-7,9-10,16H,3-5,8H2,1-2H3/t10-/m1/s1. The SMILES string of the molecule is C=C1C[C@@H](C)C(c2ccc(CCC)c([N+](=O)[O-])c2)=NN1. The van der Waals surface area contributed by atoms with Crippen molar-refractivity contribution in [1.82, 2.24) is 5.43 Å². The van der Waals surface area contributed by atoms with Crippen LogP contribution in [0.25, 0.3) is 0 Å². The molecule has 0 aromatic heterocycles. The molecule has 0 unspecified atom stereocenters. The van der Waals surface area contributed by atoms with Gasteiger partial charge in [0.05, 0.1) is 10.6 Å². The van der Waals surface area contributed by atoms with E-state index in [4.69, 9.17) is 0 Å². The molecular weight excluding hydrogens is 254 g/mol. The molecule has 0 spiro atoms. The largest absolute Gasteiger partial charge is 0.283 e. The molecule has 1 atom stereocenters. The van der Waals surface area contributed by atoms with Crippen molar-refractivity contribution < 1.29 is 4.92 Å². The lowest BCUT2D eigenvalue weighted by Gasteiger charge is -2.22. The van der Waals surface area contributed by atoms with E-state index in [0.717, 1.165) is 35.4 Å². The number of benzene rings is 1. The van der Waals surface area contributed by atoms with E-state index in [1.54, 1.807) is 6.07 Å². The molecule has 5 nitrogen and oxygen atoms in total. The van der Waals surface area contributed by atoms with Gasteiger partial charge in [0, 0.05) is 28.8 Å². The van der Waals surface area contributed by atoms with Crippen LogP contribution in [0, 0.1) is 16.0 Å². The summed E-state index contributed by atoms with van der Waals surface area (Å²) in [5, 5.41) is 15.5. The van der Waals surface area contributed by atoms with Gasteiger partial charge in [-0.05, 0) is 12.8 Å². The molecule has 0 saturated carbocycles. The Kier molecular flexibility index (Phi) is 4.17. The normalized spacial score (nSPS) is 18.4. The summed E-state index contributed by atoms with van der Waals surface area (Å²) in [5.41, 5.74) is 6.37. The van der Waals surface area contributed by atoms with Crippen molar-refractivity contribution in [2.24, 2.45) is 11.0 Å². The lowest BCUT2D eigenvalue weighted by atomic mass is 9.92. The van der Waals surface area contributed by atoms with Crippen LogP contribution in [0.3, 0.4) is 0 Å². The molecule has 1 aliphatic rings. The first-order valence-corrected chi connectivity index (χ1v) is 6.82. The summed E-state index contributed by atoms with van der Waals surface area (Å²) < 4.78 is 0. The number of hydrogen-bond acceptors (Lipinski definition) is 4. The fourth-order valence-electron chi connectivity index (χ4n) is 2.48. The van der Waals surface area contributed by atoms with Gasteiger partial charge in [-0.15, -0.1) is 0 Å². The molecule has 1 heterocycles. The van der Waals surface area contributed by atoms with Gasteiger partial charge in [-0.3, -0.25) is 15.5 Å². The topological polar surface area (TPSA) is 67.5 Å². The van der Waals surface area contributed by atoms with E-state index in [-0.39, 0.29) is 16.5 Å². The van der Waals surface area contributed by atoms with Crippen LogP contribution >= 0.6 is 0 Å². The predicted molar refractivity (Wildman–Crippen MR) is 79.7 cm³/mol. The average molecular weight is 273 g/mol. The van der Waals surface area contributed by atoms with Crippen LogP contribution in [-0.4, -0.2) is 10.6 Å². The van der Waals surface area contributed by atoms with Gasteiger partial charge in [0.1, 0.15) is 0 Å². The molecule has 0 aliphatic carbocycles. The molecule has 0 saturated heterocycles. The highest BCUT2D eigenvalue weighted by Crippen LogP contribution is 2.26. The molecule has 1 aliphatic heterocycles. The first-order chi connectivity index (χ1) is 9.52. The van der Waals surface area contributed by atoms with Crippen molar-refractivity contribution in [3.8, 4) is 0 Å². The van der Waals surface area contributed by atoms with Crippen LogP contribution in [0.2, 0.25) is 0 Å². The molecule has 1 aromatic rings. The van der Waals surface area contributed by atoms with Crippen molar-refractivity contribution in [3.63, 3.8) is 0 Å². The first-order valence-electron chi connectivity index (χ1n) is 6.82. The monoisotopic (exact) mass is 273 g/mol. The second kappa shape index (κ2) is 5.86. The van der Waals surface area contributed by atoms with Crippen LogP contribution in [0.15, 0.2) is 35.6 Å². The maximum absolute atomic E-state index is 11.2. The number of nitro groups is 1. The third kappa shape index (κ3) is 2.87. The average Bonchev–Trinajstić information content (AvgIpc) is 2.39. The van der Waals surface area contributed by atoms with Crippen LogP contribution in [-0.2, 0) is 6.42 Å². The van der Waals surface area contributed by atoms with Crippen LogP contribution in [0.5, 0.6) is 0 Å². The van der Waals surface area contributed by atoms with Crippen LogP contribution in [0.4, 0.5) is 5.69 Å².